The summed E-state index contributed by atoms with van der Waals surface area (Å²) in [6, 6.07) is 3.60. The summed E-state index contributed by atoms with van der Waals surface area (Å²) in [6.07, 6.45) is 3.01. The predicted molar refractivity (Wildman–Crippen MR) is 57.9 cm³/mol. The van der Waals surface area contributed by atoms with E-state index in [-0.39, 0.29) is 19.0 Å². The molecule has 0 aromatic carbocycles. The second-order valence-electron chi connectivity index (χ2n) is 2.86. The van der Waals surface area contributed by atoms with E-state index in [1.807, 2.05) is 6.07 Å². The van der Waals surface area contributed by atoms with Crippen LogP contribution in [-0.2, 0) is 4.79 Å². The SMILES string of the molecule is N#Cc1cncc(C#CCNC(=O)CN)c1. The van der Waals surface area contributed by atoms with E-state index in [9.17, 15) is 4.79 Å². The van der Waals surface area contributed by atoms with Crippen LogP contribution in [0.25, 0.3) is 0 Å². The smallest absolute Gasteiger partial charge is 0.234 e. The van der Waals surface area contributed by atoms with Gasteiger partial charge in [-0.3, -0.25) is 9.78 Å². The number of nitrogens with zero attached hydrogens (tertiary/aromatic N) is 2. The average molecular weight is 214 g/mol. The van der Waals surface area contributed by atoms with Crippen LogP contribution in [0.15, 0.2) is 18.5 Å². The van der Waals surface area contributed by atoms with Gasteiger partial charge in [0, 0.05) is 18.0 Å². The van der Waals surface area contributed by atoms with E-state index in [0.29, 0.717) is 11.1 Å². The summed E-state index contributed by atoms with van der Waals surface area (Å²) in [7, 11) is 0. The van der Waals surface area contributed by atoms with Crippen LogP contribution < -0.4 is 11.1 Å². The fraction of sp³-hybridized carbons (Fsp3) is 0.182. The molecular weight excluding hydrogens is 204 g/mol. The molecule has 0 aliphatic carbocycles. The van der Waals surface area contributed by atoms with E-state index in [0.717, 1.165) is 0 Å². The molecule has 3 N–H and O–H groups in total. The van der Waals surface area contributed by atoms with Crippen LogP contribution in [0.5, 0.6) is 0 Å². The third-order valence-electron chi connectivity index (χ3n) is 1.66. The Bertz CT molecular complexity index is 479. The molecule has 0 saturated heterocycles. The number of nitrogens with one attached hydrogen (secondary N) is 1. The summed E-state index contributed by atoms with van der Waals surface area (Å²) in [5, 5.41) is 11.1. The molecule has 80 valence electrons. The Morgan fingerprint density at radius 2 is 2.25 bits per heavy atom. The average Bonchev–Trinajstić information content (AvgIpc) is 2.34. The molecule has 5 heteroatoms. The molecule has 0 unspecified atom stereocenters. The number of rotatable bonds is 2. The zero-order valence-electron chi connectivity index (χ0n) is 8.53. The Morgan fingerprint density at radius 1 is 1.50 bits per heavy atom. The van der Waals surface area contributed by atoms with E-state index >= 15 is 0 Å². The Balaban J connectivity index is 2.57. The highest BCUT2D eigenvalue weighted by atomic mass is 16.1. The van der Waals surface area contributed by atoms with E-state index in [1.165, 1.54) is 6.20 Å². The van der Waals surface area contributed by atoms with E-state index in [1.54, 1.807) is 12.3 Å². The van der Waals surface area contributed by atoms with Gasteiger partial charge in [-0.05, 0) is 6.07 Å². The van der Waals surface area contributed by atoms with Crippen LogP contribution in [0, 0.1) is 23.2 Å². The number of nitriles is 1. The molecule has 0 atom stereocenters. The number of carbonyl (C=O) groups excluding carboxylic acids is 1. The molecule has 16 heavy (non-hydrogen) atoms. The van der Waals surface area contributed by atoms with Crippen LogP contribution in [0.2, 0.25) is 0 Å². The van der Waals surface area contributed by atoms with Crippen molar-refractivity contribution in [2.45, 2.75) is 0 Å². The minimum atomic E-state index is -0.252. The summed E-state index contributed by atoms with van der Waals surface area (Å²) < 4.78 is 0. The maximum Gasteiger partial charge on any atom is 0.234 e. The molecule has 0 aliphatic heterocycles. The zero-order valence-corrected chi connectivity index (χ0v) is 8.53. The summed E-state index contributed by atoms with van der Waals surface area (Å²) in [4.78, 5) is 14.6. The number of nitrogens with two attached hydrogens (primary N) is 1. The first-order chi connectivity index (χ1) is 7.76. The minimum Gasteiger partial charge on any atom is -0.344 e. The molecular formula is C11H10N4O. The summed E-state index contributed by atoms with van der Waals surface area (Å²) in [5.41, 5.74) is 6.19. The van der Waals surface area contributed by atoms with Crippen molar-refractivity contribution in [2.75, 3.05) is 13.1 Å². The molecule has 1 amide bonds. The fourth-order valence-corrected chi connectivity index (χ4v) is 0.931. The zero-order chi connectivity index (χ0) is 11.8. The van der Waals surface area contributed by atoms with Crippen LogP contribution >= 0.6 is 0 Å². The van der Waals surface area contributed by atoms with Crippen LogP contribution in [0.4, 0.5) is 0 Å². The molecule has 0 saturated carbocycles. The van der Waals surface area contributed by atoms with Crippen molar-refractivity contribution in [1.82, 2.24) is 10.3 Å². The lowest BCUT2D eigenvalue weighted by atomic mass is 10.2. The summed E-state index contributed by atoms with van der Waals surface area (Å²) in [6.45, 7) is 0.181. The van der Waals surface area contributed by atoms with Crippen molar-refractivity contribution in [3.63, 3.8) is 0 Å². The predicted octanol–water partition coefficient (Wildman–Crippen LogP) is -0.620. The van der Waals surface area contributed by atoms with Gasteiger partial charge < -0.3 is 11.1 Å². The number of hydrogen-bond donors (Lipinski definition) is 2. The number of amides is 1. The summed E-state index contributed by atoms with van der Waals surface area (Å²) >= 11 is 0. The van der Waals surface area contributed by atoms with Gasteiger partial charge in [0.1, 0.15) is 6.07 Å². The van der Waals surface area contributed by atoms with Crippen molar-refractivity contribution in [3.05, 3.63) is 29.6 Å². The molecule has 1 rings (SSSR count). The van der Waals surface area contributed by atoms with Crippen molar-refractivity contribution < 1.29 is 4.79 Å². The number of aromatic nitrogens is 1. The molecule has 1 heterocycles. The maximum absolute atomic E-state index is 10.8. The third kappa shape index (κ3) is 3.79. The third-order valence-corrected chi connectivity index (χ3v) is 1.66. The first kappa shape index (κ1) is 11.7. The normalized spacial score (nSPS) is 8.50. The van der Waals surface area contributed by atoms with Gasteiger partial charge in [-0.25, -0.2) is 0 Å². The van der Waals surface area contributed by atoms with E-state index in [2.05, 4.69) is 22.1 Å². The van der Waals surface area contributed by atoms with Crippen molar-refractivity contribution in [2.24, 2.45) is 5.73 Å². The lowest BCUT2D eigenvalue weighted by molar-refractivity contribution is -0.119. The number of hydrogen-bond acceptors (Lipinski definition) is 4. The van der Waals surface area contributed by atoms with Gasteiger partial charge in [0.05, 0.1) is 18.7 Å². The van der Waals surface area contributed by atoms with Gasteiger partial charge in [-0.2, -0.15) is 5.26 Å². The van der Waals surface area contributed by atoms with E-state index in [4.69, 9.17) is 11.0 Å². The van der Waals surface area contributed by atoms with Gasteiger partial charge >= 0.3 is 0 Å². The molecule has 0 fully saturated rings. The van der Waals surface area contributed by atoms with Crippen molar-refractivity contribution in [3.8, 4) is 17.9 Å². The molecule has 1 aromatic rings. The van der Waals surface area contributed by atoms with Gasteiger partial charge in [0.25, 0.3) is 0 Å². The van der Waals surface area contributed by atoms with Crippen molar-refractivity contribution >= 4 is 5.91 Å². The van der Waals surface area contributed by atoms with Crippen LogP contribution in [0.3, 0.4) is 0 Å². The number of carbonyl (C=O) groups is 1. The van der Waals surface area contributed by atoms with Crippen LogP contribution in [-0.4, -0.2) is 24.0 Å². The first-order valence-electron chi connectivity index (χ1n) is 4.57. The standard InChI is InChI=1S/C11H10N4O/c12-5-10-4-9(7-14-8-10)2-1-3-15-11(16)6-13/h4,7-8H,3,6,13H2,(H,15,16). The van der Waals surface area contributed by atoms with Gasteiger partial charge in [-0.15, -0.1) is 0 Å². The van der Waals surface area contributed by atoms with Crippen molar-refractivity contribution in [1.29, 1.82) is 5.26 Å². The lowest BCUT2D eigenvalue weighted by Gasteiger charge is -1.95. The highest BCUT2D eigenvalue weighted by Gasteiger charge is 1.93. The minimum absolute atomic E-state index is 0.0485. The number of pyridine rings is 1. The monoisotopic (exact) mass is 214 g/mol. The fourth-order valence-electron chi connectivity index (χ4n) is 0.931. The maximum atomic E-state index is 10.8. The molecule has 5 nitrogen and oxygen atoms in total. The largest absolute Gasteiger partial charge is 0.344 e. The Hall–Kier alpha value is -2.37. The van der Waals surface area contributed by atoms with Gasteiger partial charge in [-0.1, -0.05) is 11.8 Å². The molecule has 0 bridgehead atoms. The highest BCUT2D eigenvalue weighted by molar-refractivity contribution is 5.77. The Morgan fingerprint density at radius 3 is 2.94 bits per heavy atom. The molecule has 0 aliphatic rings. The topological polar surface area (TPSA) is 91.8 Å². The second kappa shape index (κ2) is 6.18. The molecule has 1 aromatic heterocycles. The highest BCUT2D eigenvalue weighted by Crippen LogP contribution is 1.98. The van der Waals surface area contributed by atoms with Gasteiger partial charge in [0.2, 0.25) is 5.91 Å². The van der Waals surface area contributed by atoms with E-state index < -0.39 is 0 Å². The first-order valence-corrected chi connectivity index (χ1v) is 4.57. The second-order valence-corrected chi connectivity index (χ2v) is 2.86. The lowest BCUT2D eigenvalue weighted by Crippen LogP contribution is -2.30. The molecule has 0 radical (unpaired) electrons. The summed E-state index contributed by atoms with van der Waals surface area (Å²) in [5.74, 6) is 5.26. The quantitative estimate of drug-likeness (QED) is 0.642. The van der Waals surface area contributed by atoms with Crippen LogP contribution in [0.1, 0.15) is 11.1 Å². The van der Waals surface area contributed by atoms with Gasteiger partial charge in [0.15, 0.2) is 0 Å². The molecule has 0 spiro atoms. The Kier molecular flexibility index (Phi) is 4.52. The Labute approximate surface area is 93.3 Å².